The Balaban J connectivity index is 1.17. The van der Waals surface area contributed by atoms with Crippen molar-refractivity contribution in [1.82, 2.24) is 24.5 Å². The van der Waals surface area contributed by atoms with Crippen molar-refractivity contribution in [1.29, 1.82) is 0 Å². The van der Waals surface area contributed by atoms with Gasteiger partial charge in [-0.05, 0) is 65.2 Å². The number of pyridine rings is 1. The van der Waals surface area contributed by atoms with Gasteiger partial charge >= 0.3 is 0 Å². The van der Waals surface area contributed by atoms with Gasteiger partial charge in [0.05, 0.1) is 11.0 Å². The molecule has 0 amide bonds. The first-order valence-electron chi connectivity index (χ1n) is 18.6. The molecule has 6 heteroatoms. The molecule has 0 bridgehead atoms. The lowest BCUT2D eigenvalue weighted by Gasteiger charge is -2.11. The number of para-hydroxylation sites is 1. The molecule has 0 fully saturated rings. The first-order chi connectivity index (χ1) is 27.8. The highest BCUT2D eigenvalue weighted by atomic mass is 16.3. The summed E-state index contributed by atoms with van der Waals surface area (Å²) in [6.07, 6.45) is 3.83. The summed E-state index contributed by atoms with van der Waals surface area (Å²) >= 11 is 0. The smallest absolute Gasteiger partial charge is 0.164 e. The number of fused-ring (bicyclic) bond motifs is 6. The average Bonchev–Trinajstić information content (AvgIpc) is 3.83. The van der Waals surface area contributed by atoms with Crippen LogP contribution in [0.15, 0.2) is 193 Å². The lowest BCUT2D eigenvalue weighted by atomic mass is 9.94. The van der Waals surface area contributed by atoms with E-state index in [9.17, 15) is 0 Å². The summed E-state index contributed by atoms with van der Waals surface area (Å²) in [7, 11) is 0. The van der Waals surface area contributed by atoms with Gasteiger partial charge in [0.1, 0.15) is 11.2 Å². The molecule has 7 aromatic carbocycles. The van der Waals surface area contributed by atoms with Gasteiger partial charge in [0.15, 0.2) is 17.5 Å². The van der Waals surface area contributed by atoms with Gasteiger partial charge in [0, 0.05) is 61.9 Å². The number of rotatable bonds is 6. The number of aromatic nitrogens is 5. The zero-order valence-electron chi connectivity index (χ0n) is 30.0. The average molecular weight is 718 g/mol. The van der Waals surface area contributed by atoms with Crippen molar-refractivity contribution in [2.24, 2.45) is 0 Å². The second-order valence-electron chi connectivity index (χ2n) is 13.9. The van der Waals surface area contributed by atoms with Crippen LogP contribution in [0.25, 0.3) is 106 Å². The SMILES string of the molecule is c1ccc(-c2nc(-c3ccccc3)nc(-c3cccc4oc5c(-c6ccccc6)cc(-c6ccc7c(c6)c6cnccc6n7-c6ccccc6)cc5c34)n2)cc1. The maximum Gasteiger partial charge on any atom is 0.164 e. The van der Waals surface area contributed by atoms with Crippen LogP contribution in [-0.4, -0.2) is 24.5 Å². The van der Waals surface area contributed by atoms with Crippen molar-refractivity contribution in [3.63, 3.8) is 0 Å². The van der Waals surface area contributed by atoms with Crippen LogP contribution in [0.5, 0.6) is 0 Å². The second kappa shape index (κ2) is 13.0. The van der Waals surface area contributed by atoms with Crippen molar-refractivity contribution < 1.29 is 4.42 Å². The van der Waals surface area contributed by atoms with Crippen LogP contribution in [0.2, 0.25) is 0 Å². The first kappa shape index (κ1) is 31.8. The monoisotopic (exact) mass is 717 g/mol. The van der Waals surface area contributed by atoms with Crippen LogP contribution in [0.3, 0.4) is 0 Å². The molecule has 0 saturated heterocycles. The van der Waals surface area contributed by atoms with E-state index in [0.717, 1.165) is 88.4 Å². The highest BCUT2D eigenvalue weighted by Crippen LogP contribution is 2.44. The van der Waals surface area contributed by atoms with E-state index in [1.54, 1.807) is 0 Å². The molecule has 0 N–H and O–H groups in total. The van der Waals surface area contributed by atoms with E-state index < -0.39 is 0 Å². The summed E-state index contributed by atoms with van der Waals surface area (Å²) in [4.78, 5) is 19.7. The lowest BCUT2D eigenvalue weighted by molar-refractivity contribution is 0.670. The molecule has 56 heavy (non-hydrogen) atoms. The third-order valence-electron chi connectivity index (χ3n) is 10.5. The third-order valence-corrected chi connectivity index (χ3v) is 10.5. The molecule has 0 aliphatic heterocycles. The maximum absolute atomic E-state index is 6.82. The Morgan fingerprint density at radius 3 is 1.71 bits per heavy atom. The molecule has 0 atom stereocenters. The third kappa shape index (κ3) is 5.27. The van der Waals surface area contributed by atoms with E-state index in [1.807, 2.05) is 97.3 Å². The number of benzene rings is 7. The fourth-order valence-corrected chi connectivity index (χ4v) is 7.94. The van der Waals surface area contributed by atoms with Crippen LogP contribution in [0.1, 0.15) is 0 Å². The maximum atomic E-state index is 6.82. The Kier molecular flexibility index (Phi) is 7.38. The van der Waals surface area contributed by atoms with E-state index >= 15 is 0 Å². The van der Waals surface area contributed by atoms with Crippen LogP contribution >= 0.6 is 0 Å². The minimum absolute atomic E-state index is 0.584. The van der Waals surface area contributed by atoms with E-state index in [4.69, 9.17) is 19.4 Å². The molecule has 4 aromatic heterocycles. The molecule has 0 radical (unpaired) electrons. The minimum atomic E-state index is 0.584. The molecule has 0 unspecified atom stereocenters. The first-order valence-corrected chi connectivity index (χ1v) is 18.6. The molecule has 11 aromatic rings. The summed E-state index contributed by atoms with van der Waals surface area (Å²) in [5, 5.41) is 4.19. The Morgan fingerprint density at radius 1 is 0.411 bits per heavy atom. The summed E-state index contributed by atoms with van der Waals surface area (Å²) in [6.45, 7) is 0. The van der Waals surface area contributed by atoms with Gasteiger partial charge in [-0.2, -0.15) is 0 Å². The number of hydrogen-bond acceptors (Lipinski definition) is 5. The molecule has 0 aliphatic rings. The Hall–Kier alpha value is -7.70. The molecular formula is C50H31N5O. The van der Waals surface area contributed by atoms with Gasteiger partial charge in [-0.15, -0.1) is 0 Å². The molecule has 11 rings (SSSR count). The van der Waals surface area contributed by atoms with E-state index in [2.05, 4.69) is 101 Å². The number of nitrogens with zero attached hydrogens (tertiary/aromatic N) is 5. The number of furan rings is 1. The van der Waals surface area contributed by atoms with E-state index in [0.29, 0.717) is 17.5 Å². The Bertz CT molecular complexity index is 3170. The highest BCUT2D eigenvalue weighted by Gasteiger charge is 2.21. The number of hydrogen-bond donors (Lipinski definition) is 0. The topological polar surface area (TPSA) is 69.6 Å². The largest absolute Gasteiger partial charge is 0.455 e. The lowest BCUT2D eigenvalue weighted by Crippen LogP contribution is -2.00. The second-order valence-corrected chi connectivity index (χ2v) is 13.9. The summed E-state index contributed by atoms with van der Waals surface area (Å²) in [6, 6.07) is 60.6. The van der Waals surface area contributed by atoms with Gasteiger partial charge in [0.2, 0.25) is 0 Å². The van der Waals surface area contributed by atoms with Crippen LogP contribution in [0.4, 0.5) is 0 Å². The van der Waals surface area contributed by atoms with Crippen molar-refractivity contribution in [3.05, 3.63) is 188 Å². The zero-order chi connectivity index (χ0) is 37.0. The van der Waals surface area contributed by atoms with Gasteiger partial charge in [0.25, 0.3) is 0 Å². The van der Waals surface area contributed by atoms with Crippen molar-refractivity contribution >= 4 is 43.7 Å². The Labute approximate surface area is 322 Å². The molecule has 0 aliphatic carbocycles. The molecule has 262 valence electrons. The molecular weight excluding hydrogens is 687 g/mol. The summed E-state index contributed by atoms with van der Waals surface area (Å²) in [5.41, 5.74) is 11.9. The van der Waals surface area contributed by atoms with Crippen molar-refractivity contribution in [2.45, 2.75) is 0 Å². The van der Waals surface area contributed by atoms with E-state index in [-0.39, 0.29) is 0 Å². The quantitative estimate of drug-likeness (QED) is 0.171. The fourth-order valence-electron chi connectivity index (χ4n) is 7.94. The van der Waals surface area contributed by atoms with Crippen LogP contribution in [0, 0.1) is 0 Å². The standard InChI is InChI=1S/C50H31N5O/c1-5-14-32(15-6-1)39-29-36(35-24-25-43-40(28-35)42-31-51-27-26-44(42)55(43)37-20-11-4-12-21-37)30-41-46-38(22-13-23-45(46)56-47(39)41)50-53-48(33-16-7-2-8-17-33)52-49(54-50)34-18-9-3-10-19-34/h1-31H. The van der Waals surface area contributed by atoms with E-state index in [1.165, 1.54) is 0 Å². The van der Waals surface area contributed by atoms with Gasteiger partial charge in [-0.1, -0.05) is 127 Å². The Morgan fingerprint density at radius 2 is 1.02 bits per heavy atom. The zero-order valence-corrected chi connectivity index (χ0v) is 30.0. The predicted octanol–water partition coefficient (Wildman–Crippen LogP) is 12.6. The molecule has 0 saturated carbocycles. The van der Waals surface area contributed by atoms with Crippen LogP contribution < -0.4 is 0 Å². The fraction of sp³-hybridized carbons (Fsp3) is 0. The van der Waals surface area contributed by atoms with Crippen LogP contribution in [-0.2, 0) is 0 Å². The molecule has 4 heterocycles. The molecule has 0 spiro atoms. The van der Waals surface area contributed by atoms with Gasteiger partial charge < -0.3 is 8.98 Å². The summed E-state index contributed by atoms with van der Waals surface area (Å²) < 4.78 is 9.13. The van der Waals surface area contributed by atoms with Crippen molar-refractivity contribution in [2.75, 3.05) is 0 Å². The summed E-state index contributed by atoms with van der Waals surface area (Å²) in [5.74, 6) is 1.81. The van der Waals surface area contributed by atoms with Crippen molar-refractivity contribution in [3.8, 4) is 62.1 Å². The molecule has 6 nitrogen and oxygen atoms in total. The normalized spacial score (nSPS) is 11.6. The predicted molar refractivity (Wildman–Crippen MR) is 226 cm³/mol. The van der Waals surface area contributed by atoms with Gasteiger partial charge in [-0.25, -0.2) is 15.0 Å². The minimum Gasteiger partial charge on any atom is -0.455 e. The highest BCUT2D eigenvalue weighted by molar-refractivity contribution is 6.17. The van der Waals surface area contributed by atoms with Gasteiger partial charge in [-0.3, -0.25) is 4.98 Å².